The molecule has 0 atom stereocenters. The van der Waals surface area contributed by atoms with Crippen molar-refractivity contribution in [2.75, 3.05) is 21.3 Å². The van der Waals surface area contributed by atoms with Crippen LogP contribution in [0.1, 0.15) is 0 Å². The van der Waals surface area contributed by atoms with Gasteiger partial charge in [-0.25, -0.2) is 4.39 Å². The Labute approximate surface area is 142 Å². The zero-order valence-electron chi connectivity index (χ0n) is 12.6. The maximum Gasteiger partial charge on any atom is 0.373 e. The standard InChI is InChI=1S/C15H14FINO5/c1-21-10-7-13(22-2)15(14(8-10)23-3)17-11-5-4-9(16)6-12(11)18(19)20/h4-8H,1-3H3/q+1. The summed E-state index contributed by atoms with van der Waals surface area (Å²) < 4.78 is 30.4. The number of methoxy groups -OCH3 is 3. The molecule has 0 aromatic heterocycles. The molecule has 0 aliphatic carbocycles. The number of benzene rings is 2. The highest BCUT2D eigenvalue weighted by Crippen LogP contribution is 2.27. The Morgan fingerprint density at radius 1 is 1.04 bits per heavy atom. The van der Waals surface area contributed by atoms with Gasteiger partial charge in [-0.05, 0) is 6.07 Å². The smallest absolute Gasteiger partial charge is 0.373 e. The molecule has 0 radical (unpaired) electrons. The van der Waals surface area contributed by atoms with E-state index in [2.05, 4.69) is 0 Å². The maximum absolute atomic E-state index is 13.3. The van der Waals surface area contributed by atoms with Crippen LogP contribution in [0.3, 0.4) is 0 Å². The Hall–Kier alpha value is -2.10. The normalized spacial score (nSPS) is 10.3. The Balaban J connectivity index is 2.54. The van der Waals surface area contributed by atoms with Gasteiger partial charge in [0.25, 0.3) is 7.14 Å². The van der Waals surface area contributed by atoms with Crippen molar-refractivity contribution in [3.63, 3.8) is 0 Å². The average molecular weight is 434 g/mol. The molecule has 0 heterocycles. The molecule has 0 spiro atoms. The highest BCUT2D eigenvalue weighted by atomic mass is 127. The highest BCUT2D eigenvalue weighted by molar-refractivity contribution is 5.42. The number of nitro groups is 1. The molecular formula is C15H14FINO5+. The van der Waals surface area contributed by atoms with Crippen LogP contribution in [0.25, 0.3) is 0 Å². The summed E-state index contributed by atoms with van der Waals surface area (Å²) in [4.78, 5) is 10.6. The van der Waals surface area contributed by atoms with Gasteiger partial charge in [0.15, 0.2) is 11.5 Å². The predicted octanol–water partition coefficient (Wildman–Crippen LogP) is -0.112. The van der Waals surface area contributed by atoms with Gasteiger partial charge in [0.2, 0.25) is 0 Å². The molecular weight excluding hydrogens is 420 g/mol. The molecule has 0 saturated carbocycles. The van der Waals surface area contributed by atoms with Crippen molar-refractivity contribution in [1.82, 2.24) is 0 Å². The summed E-state index contributed by atoms with van der Waals surface area (Å²) >= 11 is -1.03. The van der Waals surface area contributed by atoms with Crippen LogP contribution in [0.2, 0.25) is 0 Å². The average Bonchev–Trinajstić information content (AvgIpc) is 2.56. The summed E-state index contributed by atoms with van der Waals surface area (Å²) in [6.45, 7) is 0. The topological polar surface area (TPSA) is 70.8 Å². The molecule has 0 aliphatic heterocycles. The van der Waals surface area contributed by atoms with E-state index in [0.717, 1.165) is 9.64 Å². The van der Waals surface area contributed by atoms with Gasteiger partial charge in [-0.1, -0.05) is 0 Å². The van der Waals surface area contributed by atoms with E-state index < -0.39 is 31.9 Å². The molecule has 0 amide bonds. The van der Waals surface area contributed by atoms with Crippen LogP contribution < -0.4 is 35.4 Å². The Morgan fingerprint density at radius 3 is 2.13 bits per heavy atom. The molecule has 122 valence electrons. The molecule has 2 aromatic rings. The van der Waals surface area contributed by atoms with Crippen LogP contribution in [0.15, 0.2) is 30.3 Å². The van der Waals surface area contributed by atoms with E-state index in [9.17, 15) is 14.5 Å². The van der Waals surface area contributed by atoms with E-state index in [0.29, 0.717) is 20.8 Å². The van der Waals surface area contributed by atoms with Crippen molar-refractivity contribution in [3.05, 3.63) is 53.4 Å². The van der Waals surface area contributed by atoms with E-state index >= 15 is 0 Å². The minimum absolute atomic E-state index is 0.238. The minimum atomic E-state index is -1.03. The zero-order chi connectivity index (χ0) is 17.0. The monoisotopic (exact) mass is 434 g/mol. The lowest BCUT2D eigenvalue weighted by Crippen LogP contribution is -3.61. The van der Waals surface area contributed by atoms with Gasteiger partial charge in [0.05, 0.1) is 32.3 Å². The van der Waals surface area contributed by atoms with E-state index in [1.54, 1.807) is 12.1 Å². The molecule has 8 heteroatoms. The van der Waals surface area contributed by atoms with E-state index in [1.165, 1.54) is 33.5 Å². The van der Waals surface area contributed by atoms with Crippen molar-refractivity contribution in [2.45, 2.75) is 0 Å². The first kappa shape index (κ1) is 17.3. The van der Waals surface area contributed by atoms with Crippen molar-refractivity contribution < 1.29 is 44.7 Å². The van der Waals surface area contributed by atoms with Crippen LogP contribution in [0.5, 0.6) is 17.2 Å². The second kappa shape index (κ2) is 7.44. The molecule has 0 unspecified atom stereocenters. The van der Waals surface area contributed by atoms with E-state index in [4.69, 9.17) is 14.2 Å². The molecule has 0 fully saturated rings. The largest absolute Gasteiger partial charge is 0.496 e. The van der Waals surface area contributed by atoms with Gasteiger partial charge < -0.3 is 14.2 Å². The Morgan fingerprint density at radius 2 is 1.65 bits per heavy atom. The SMILES string of the molecule is COc1cc(OC)c([I+]c2ccc(F)cc2[N+](=O)[O-])c(OC)c1. The van der Waals surface area contributed by atoms with Crippen molar-refractivity contribution in [1.29, 1.82) is 0 Å². The number of rotatable bonds is 6. The second-order valence-corrected chi connectivity index (χ2v) is 7.07. The molecule has 0 bridgehead atoms. The summed E-state index contributed by atoms with van der Waals surface area (Å²) in [5.41, 5.74) is -0.238. The lowest BCUT2D eigenvalue weighted by molar-refractivity contribution is -0.606. The van der Waals surface area contributed by atoms with Gasteiger partial charge >= 0.3 is 26.9 Å². The first-order valence-electron chi connectivity index (χ1n) is 6.39. The van der Waals surface area contributed by atoms with Crippen molar-refractivity contribution in [2.24, 2.45) is 0 Å². The molecule has 0 aliphatic rings. The number of ether oxygens (including phenoxy) is 3. The lowest BCUT2D eigenvalue weighted by atomic mass is 10.3. The fourth-order valence-electron chi connectivity index (χ4n) is 1.86. The summed E-state index contributed by atoms with van der Waals surface area (Å²) in [7, 11) is 4.52. The van der Waals surface area contributed by atoms with Crippen molar-refractivity contribution >= 4 is 5.69 Å². The molecule has 0 N–H and O–H groups in total. The Bertz CT molecular complexity index is 713. The van der Waals surface area contributed by atoms with Gasteiger partial charge in [-0.3, -0.25) is 10.1 Å². The number of nitro benzene ring substituents is 1. The summed E-state index contributed by atoms with van der Waals surface area (Å²) in [6.07, 6.45) is 0. The van der Waals surface area contributed by atoms with Crippen molar-refractivity contribution in [3.8, 4) is 17.2 Å². The summed E-state index contributed by atoms with van der Waals surface area (Å²) in [5.74, 6) is 0.957. The third-order valence-corrected chi connectivity index (χ3v) is 6.05. The predicted molar refractivity (Wildman–Crippen MR) is 76.5 cm³/mol. The van der Waals surface area contributed by atoms with Gasteiger partial charge in [-0.15, -0.1) is 0 Å². The van der Waals surface area contributed by atoms with Crippen LogP contribution >= 0.6 is 0 Å². The minimum Gasteiger partial charge on any atom is -0.496 e. The maximum atomic E-state index is 13.3. The van der Waals surface area contributed by atoms with Gasteiger partial charge in [0.1, 0.15) is 11.6 Å². The van der Waals surface area contributed by atoms with Gasteiger partial charge in [-0.2, -0.15) is 0 Å². The van der Waals surface area contributed by atoms with Crippen LogP contribution in [-0.2, 0) is 0 Å². The van der Waals surface area contributed by atoms with Gasteiger partial charge in [0, 0.05) is 18.2 Å². The first-order valence-corrected chi connectivity index (χ1v) is 8.54. The first-order chi connectivity index (χ1) is 11.0. The number of hydrogen-bond donors (Lipinski definition) is 0. The third-order valence-electron chi connectivity index (χ3n) is 2.96. The van der Waals surface area contributed by atoms with E-state index in [1.807, 2.05) is 0 Å². The molecule has 6 nitrogen and oxygen atoms in total. The fourth-order valence-corrected chi connectivity index (χ4v) is 4.72. The quantitative estimate of drug-likeness (QED) is 0.361. The third kappa shape index (κ3) is 3.81. The zero-order valence-corrected chi connectivity index (χ0v) is 14.8. The second-order valence-electron chi connectivity index (χ2n) is 4.29. The number of hydrogen-bond acceptors (Lipinski definition) is 5. The fraction of sp³-hybridized carbons (Fsp3) is 0.200. The summed E-state index contributed by atoms with van der Waals surface area (Å²) in [5, 5.41) is 11.1. The molecule has 2 aromatic carbocycles. The van der Waals surface area contributed by atoms with Crippen LogP contribution in [-0.4, -0.2) is 26.3 Å². The molecule has 23 heavy (non-hydrogen) atoms. The van der Waals surface area contributed by atoms with Crippen LogP contribution in [0.4, 0.5) is 10.1 Å². The number of halogens is 2. The van der Waals surface area contributed by atoms with Crippen LogP contribution in [0, 0.1) is 23.1 Å². The molecule has 2 rings (SSSR count). The summed E-state index contributed by atoms with van der Waals surface area (Å²) in [6, 6.07) is 6.95. The van der Waals surface area contributed by atoms with E-state index in [-0.39, 0.29) is 5.69 Å². The number of nitrogens with zero attached hydrogens (tertiary/aromatic N) is 1. The Kier molecular flexibility index (Phi) is 5.59. The highest BCUT2D eigenvalue weighted by Gasteiger charge is 2.34. The lowest BCUT2D eigenvalue weighted by Gasteiger charge is -2.08. The molecule has 0 saturated heterocycles.